The molecule has 1 spiro atoms. The van der Waals surface area contributed by atoms with Gasteiger partial charge < -0.3 is 5.32 Å². The number of amides is 4. The summed E-state index contributed by atoms with van der Waals surface area (Å²) in [5.41, 5.74) is 2.22. The van der Waals surface area contributed by atoms with E-state index < -0.39 is 17.5 Å². The molecule has 1 fully saturated rings. The Labute approximate surface area is 183 Å². The van der Waals surface area contributed by atoms with Crippen LogP contribution < -0.4 is 10.2 Å². The Bertz CT molecular complexity index is 1190. The minimum atomic E-state index is -1.08. The van der Waals surface area contributed by atoms with Gasteiger partial charge in [-0.25, -0.2) is 9.78 Å². The highest BCUT2D eigenvalue weighted by Gasteiger charge is 2.55. The maximum Gasteiger partial charge on any atom is 0.325 e. The number of fused-ring (bicyclic) bond motifs is 2. The average molecular weight is 433 g/mol. The molecule has 1 N–H and O–H groups in total. The second-order valence-electron chi connectivity index (χ2n) is 7.72. The topological polar surface area (TPSA) is 82.6 Å². The van der Waals surface area contributed by atoms with E-state index in [4.69, 9.17) is 0 Å². The minimum absolute atomic E-state index is 0.359. The van der Waals surface area contributed by atoms with E-state index in [2.05, 4.69) is 10.3 Å². The van der Waals surface area contributed by atoms with Crippen LogP contribution >= 0.6 is 11.3 Å². The third-order valence-corrected chi connectivity index (χ3v) is 6.72. The van der Waals surface area contributed by atoms with Gasteiger partial charge in [0.1, 0.15) is 12.1 Å². The van der Waals surface area contributed by atoms with Crippen LogP contribution in [0.3, 0.4) is 0 Å². The second-order valence-corrected chi connectivity index (χ2v) is 8.56. The summed E-state index contributed by atoms with van der Waals surface area (Å²) in [4.78, 5) is 46.5. The molecule has 2 aromatic carbocycles. The lowest BCUT2D eigenvalue weighted by Gasteiger charge is -2.24. The van der Waals surface area contributed by atoms with Crippen molar-refractivity contribution in [1.82, 2.24) is 15.2 Å². The van der Waals surface area contributed by atoms with Crippen molar-refractivity contribution in [3.8, 4) is 0 Å². The standard InChI is InChI=1S/C23H20N4O3S/c1-15-14-31-22(24-15)27(17-8-3-2-4-9-17)19(28)13-26-20(29)23(25-21(26)30)12-11-16-7-5-6-10-18(16)23/h2-10,14H,11-13H2,1H3,(H,25,30). The van der Waals surface area contributed by atoms with Crippen molar-refractivity contribution >= 4 is 40.0 Å². The molecule has 4 amide bonds. The number of aryl methyl sites for hydroxylation is 2. The molecule has 3 aromatic rings. The number of hydrogen-bond acceptors (Lipinski definition) is 5. The Morgan fingerprint density at radius 3 is 2.65 bits per heavy atom. The Hall–Kier alpha value is -3.52. The molecular formula is C23H20N4O3S. The zero-order valence-electron chi connectivity index (χ0n) is 16.9. The van der Waals surface area contributed by atoms with Gasteiger partial charge in [0.25, 0.3) is 11.8 Å². The van der Waals surface area contributed by atoms with Gasteiger partial charge in [-0.3, -0.25) is 19.4 Å². The molecule has 0 bridgehead atoms. The minimum Gasteiger partial charge on any atom is -0.319 e. The summed E-state index contributed by atoms with van der Waals surface area (Å²) < 4.78 is 0. The first-order valence-electron chi connectivity index (χ1n) is 10.0. The predicted molar refractivity (Wildman–Crippen MR) is 117 cm³/mol. The molecule has 0 saturated carbocycles. The molecule has 2 aliphatic rings. The number of nitrogens with zero attached hydrogens (tertiary/aromatic N) is 3. The van der Waals surface area contributed by atoms with E-state index in [1.807, 2.05) is 54.8 Å². The fourth-order valence-corrected chi connectivity index (χ4v) is 5.16. The van der Waals surface area contributed by atoms with E-state index in [1.54, 1.807) is 12.1 Å². The van der Waals surface area contributed by atoms with Crippen LogP contribution in [0, 0.1) is 6.92 Å². The molecule has 1 unspecified atom stereocenters. The number of carbonyl (C=O) groups is 3. The maximum atomic E-state index is 13.4. The first-order valence-corrected chi connectivity index (χ1v) is 10.9. The highest BCUT2D eigenvalue weighted by molar-refractivity contribution is 7.14. The molecule has 1 aliphatic heterocycles. The number of carbonyl (C=O) groups excluding carboxylic acids is 3. The highest BCUT2D eigenvalue weighted by atomic mass is 32.1. The monoisotopic (exact) mass is 432 g/mol. The lowest BCUT2D eigenvalue weighted by Crippen LogP contribution is -2.44. The van der Waals surface area contributed by atoms with Crippen LogP contribution in [-0.2, 0) is 21.5 Å². The molecule has 5 rings (SSSR count). The summed E-state index contributed by atoms with van der Waals surface area (Å²) in [7, 11) is 0. The van der Waals surface area contributed by atoms with E-state index >= 15 is 0 Å². The van der Waals surface area contributed by atoms with E-state index in [0.29, 0.717) is 23.7 Å². The van der Waals surface area contributed by atoms with Gasteiger partial charge in [0.2, 0.25) is 0 Å². The number of thiazole rings is 1. The Morgan fingerprint density at radius 2 is 1.90 bits per heavy atom. The highest BCUT2D eigenvalue weighted by Crippen LogP contribution is 2.41. The van der Waals surface area contributed by atoms with Crippen molar-refractivity contribution in [2.45, 2.75) is 25.3 Å². The lowest BCUT2D eigenvalue weighted by molar-refractivity contribution is -0.134. The Balaban J connectivity index is 1.45. The first-order chi connectivity index (χ1) is 15.0. The number of aromatic nitrogens is 1. The van der Waals surface area contributed by atoms with Gasteiger partial charge in [0.05, 0.1) is 11.4 Å². The van der Waals surface area contributed by atoms with Crippen molar-refractivity contribution in [3.63, 3.8) is 0 Å². The predicted octanol–water partition coefficient (Wildman–Crippen LogP) is 3.51. The van der Waals surface area contributed by atoms with Gasteiger partial charge in [-0.05, 0) is 43.0 Å². The molecule has 1 saturated heterocycles. The van der Waals surface area contributed by atoms with Crippen LogP contribution in [0.5, 0.6) is 0 Å². The van der Waals surface area contributed by atoms with Gasteiger partial charge in [0.15, 0.2) is 5.13 Å². The molecule has 2 heterocycles. The molecular weight excluding hydrogens is 412 g/mol. The number of rotatable bonds is 4. The van der Waals surface area contributed by atoms with Crippen LogP contribution in [0.4, 0.5) is 15.6 Å². The zero-order valence-corrected chi connectivity index (χ0v) is 17.7. The number of urea groups is 1. The van der Waals surface area contributed by atoms with Crippen molar-refractivity contribution in [1.29, 1.82) is 0 Å². The summed E-state index contributed by atoms with van der Waals surface area (Å²) in [6.07, 6.45) is 1.20. The summed E-state index contributed by atoms with van der Waals surface area (Å²) in [6.45, 7) is 1.49. The number of hydrogen-bond donors (Lipinski definition) is 1. The maximum absolute atomic E-state index is 13.4. The fraction of sp³-hybridized carbons (Fsp3) is 0.217. The fourth-order valence-electron chi connectivity index (χ4n) is 4.32. The van der Waals surface area contributed by atoms with E-state index in [-0.39, 0.29) is 12.5 Å². The van der Waals surface area contributed by atoms with Gasteiger partial charge >= 0.3 is 6.03 Å². The third-order valence-electron chi connectivity index (χ3n) is 5.78. The van der Waals surface area contributed by atoms with Crippen LogP contribution in [0.15, 0.2) is 60.0 Å². The van der Waals surface area contributed by atoms with Crippen molar-refractivity contribution in [2.75, 3.05) is 11.4 Å². The largest absolute Gasteiger partial charge is 0.325 e. The second kappa shape index (κ2) is 7.31. The van der Waals surface area contributed by atoms with E-state index in [0.717, 1.165) is 21.7 Å². The van der Waals surface area contributed by atoms with E-state index in [1.165, 1.54) is 16.2 Å². The van der Waals surface area contributed by atoms with E-state index in [9.17, 15) is 14.4 Å². The molecule has 1 atom stereocenters. The average Bonchev–Trinajstić information content (AvgIpc) is 3.43. The molecule has 0 radical (unpaired) electrons. The Morgan fingerprint density at radius 1 is 1.16 bits per heavy atom. The molecule has 7 nitrogen and oxygen atoms in total. The zero-order chi connectivity index (χ0) is 21.6. The van der Waals surface area contributed by atoms with Gasteiger partial charge in [-0.1, -0.05) is 42.5 Å². The normalized spacial score (nSPS) is 19.6. The number of imide groups is 1. The number of para-hydroxylation sites is 1. The molecule has 156 valence electrons. The molecule has 8 heteroatoms. The lowest BCUT2D eigenvalue weighted by atomic mass is 9.92. The number of anilines is 2. The summed E-state index contributed by atoms with van der Waals surface area (Å²) in [5, 5.41) is 5.23. The smallest absolute Gasteiger partial charge is 0.319 e. The van der Waals surface area contributed by atoms with Crippen molar-refractivity contribution in [2.24, 2.45) is 0 Å². The van der Waals surface area contributed by atoms with Gasteiger partial charge in [-0.2, -0.15) is 0 Å². The Kier molecular flexibility index (Phi) is 4.59. The molecule has 1 aromatic heterocycles. The summed E-state index contributed by atoms with van der Waals surface area (Å²) in [5.74, 6) is -0.772. The van der Waals surface area contributed by atoms with Crippen molar-refractivity contribution in [3.05, 3.63) is 76.8 Å². The van der Waals surface area contributed by atoms with Crippen LogP contribution in [0.25, 0.3) is 0 Å². The quantitative estimate of drug-likeness (QED) is 0.640. The number of benzene rings is 2. The van der Waals surface area contributed by atoms with Crippen LogP contribution in [0.1, 0.15) is 23.2 Å². The van der Waals surface area contributed by atoms with Crippen molar-refractivity contribution < 1.29 is 14.4 Å². The molecule has 1 aliphatic carbocycles. The van der Waals surface area contributed by atoms with Crippen LogP contribution in [-0.4, -0.2) is 34.3 Å². The first kappa shape index (κ1) is 19.4. The molecule has 31 heavy (non-hydrogen) atoms. The third kappa shape index (κ3) is 3.11. The van der Waals surface area contributed by atoms with Crippen LogP contribution in [0.2, 0.25) is 0 Å². The van der Waals surface area contributed by atoms with Gasteiger partial charge in [-0.15, -0.1) is 11.3 Å². The SMILES string of the molecule is Cc1csc(N(C(=O)CN2C(=O)NC3(CCc4ccccc43)C2=O)c2ccccc2)n1. The summed E-state index contributed by atoms with van der Waals surface area (Å²) in [6, 6.07) is 16.2. The van der Waals surface area contributed by atoms with Gasteiger partial charge in [0, 0.05) is 5.38 Å². The summed E-state index contributed by atoms with van der Waals surface area (Å²) >= 11 is 1.34. The number of nitrogens with one attached hydrogen (secondary N) is 1.